The Kier molecular flexibility index (Phi) is 4.84. The minimum Gasteiger partial charge on any atom is -0.372 e. The molecule has 3 heteroatoms. The predicted molar refractivity (Wildman–Crippen MR) is 60.0 cm³/mol. The number of benzene rings is 1. The lowest BCUT2D eigenvalue weighted by molar-refractivity contribution is 0.0769. The number of hydrogen-bond donors (Lipinski definition) is 0. The Hall–Kier alpha value is -0.670. The molecule has 1 aromatic rings. The average Bonchev–Trinajstić information content (AvgIpc) is 2.18. The fourth-order valence-corrected chi connectivity index (χ4v) is 1.21. The maximum atomic E-state index is 11.5. The van der Waals surface area contributed by atoms with E-state index in [0.717, 1.165) is 0 Å². The molecule has 0 aromatic heterocycles. The molecule has 0 radical (unpaired) electrons. The molecule has 0 bridgehead atoms. The van der Waals surface area contributed by atoms with Gasteiger partial charge in [-0.05, 0) is 0 Å². The van der Waals surface area contributed by atoms with E-state index in [-0.39, 0.29) is 17.2 Å². The molecule has 14 heavy (non-hydrogen) atoms. The van der Waals surface area contributed by atoms with Crippen molar-refractivity contribution in [2.45, 2.75) is 11.8 Å². The first kappa shape index (κ1) is 11.4. The van der Waals surface area contributed by atoms with E-state index in [4.69, 9.17) is 4.74 Å². The number of rotatable bonds is 5. The molecule has 0 fully saturated rings. The van der Waals surface area contributed by atoms with Gasteiger partial charge in [-0.1, -0.05) is 53.2 Å². The van der Waals surface area contributed by atoms with Crippen LogP contribution in [0.5, 0.6) is 0 Å². The SMILES string of the molecule is CC(Br)COCC(=O)c1ccccc1. The zero-order chi connectivity index (χ0) is 10.4. The van der Waals surface area contributed by atoms with Gasteiger partial charge in [-0.25, -0.2) is 0 Å². The zero-order valence-corrected chi connectivity index (χ0v) is 9.66. The van der Waals surface area contributed by atoms with Crippen LogP contribution < -0.4 is 0 Å². The van der Waals surface area contributed by atoms with E-state index in [2.05, 4.69) is 15.9 Å². The fourth-order valence-electron chi connectivity index (χ4n) is 1.02. The number of hydrogen-bond acceptors (Lipinski definition) is 2. The van der Waals surface area contributed by atoms with E-state index in [1.807, 2.05) is 25.1 Å². The van der Waals surface area contributed by atoms with Crippen LogP contribution >= 0.6 is 15.9 Å². The van der Waals surface area contributed by atoms with Crippen molar-refractivity contribution in [3.63, 3.8) is 0 Å². The molecular formula is C11H13BrO2. The Labute approximate surface area is 92.4 Å². The van der Waals surface area contributed by atoms with Crippen LogP contribution in [0.2, 0.25) is 0 Å². The molecular weight excluding hydrogens is 244 g/mol. The van der Waals surface area contributed by atoms with Crippen molar-refractivity contribution in [2.75, 3.05) is 13.2 Å². The normalized spacial score (nSPS) is 12.4. The maximum Gasteiger partial charge on any atom is 0.188 e. The smallest absolute Gasteiger partial charge is 0.188 e. The summed E-state index contributed by atoms with van der Waals surface area (Å²) in [7, 11) is 0. The molecule has 0 spiro atoms. The second-order valence-corrected chi connectivity index (χ2v) is 4.65. The molecule has 0 amide bonds. The van der Waals surface area contributed by atoms with Crippen LogP contribution in [-0.2, 0) is 4.74 Å². The lowest BCUT2D eigenvalue weighted by Crippen LogP contribution is -2.13. The van der Waals surface area contributed by atoms with Crippen LogP contribution in [0.15, 0.2) is 30.3 Å². The molecule has 1 atom stereocenters. The van der Waals surface area contributed by atoms with Gasteiger partial charge in [0.05, 0.1) is 6.61 Å². The standard InChI is InChI=1S/C11H13BrO2/c1-9(12)7-14-8-11(13)10-5-3-2-4-6-10/h2-6,9H,7-8H2,1H3. The van der Waals surface area contributed by atoms with Crippen molar-refractivity contribution in [3.8, 4) is 0 Å². The second kappa shape index (κ2) is 5.94. The molecule has 0 aliphatic carbocycles. The minimum atomic E-state index is 0.0266. The quantitative estimate of drug-likeness (QED) is 0.598. The van der Waals surface area contributed by atoms with Crippen molar-refractivity contribution >= 4 is 21.7 Å². The summed E-state index contributed by atoms with van der Waals surface area (Å²) in [5, 5.41) is 0. The Morgan fingerprint density at radius 3 is 2.64 bits per heavy atom. The van der Waals surface area contributed by atoms with Crippen LogP contribution in [0.4, 0.5) is 0 Å². The third kappa shape index (κ3) is 4.03. The largest absolute Gasteiger partial charge is 0.372 e. The van der Waals surface area contributed by atoms with Gasteiger partial charge in [-0.2, -0.15) is 0 Å². The highest BCUT2D eigenvalue weighted by Crippen LogP contribution is 2.02. The first-order valence-corrected chi connectivity index (χ1v) is 5.42. The summed E-state index contributed by atoms with van der Waals surface area (Å²) in [6.45, 7) is 2.69. The summed E-state index contributed by atoms with van der Waals surface area (Å²) in [4.78, 5) is 11.8. The summed E-state index contributed by atoms with van der Waals surface area (Å²) in [5.41, 5.74) is 0.703. The molecule has 76 valence electrons. The molecule has 0 aliphatic rings. The van der Waals surface area contributed by atoms with Gasteiger partial charge >= 0.3 is 0 Å². The fraction of sp³-hybridized carbons (Fsp3) is 0.364. The third-order valence-corrected chi connectivity index (χ3v) is 1.94. The molecule has 0 saturated carbocycles. The highest BCUT2D eigenvalue weighted by molar-refractivity contribution is 9.09. The summed E-state index contributed by atoms with van der Waals surface area (Å²) in [6.07, 6.45) is 0. The van der Waals surface area contributed by atoms with Crippen LogP contribution in [-0.4, -0.2) is 23.8 Å². The van der Waals surface area contributed by atoms with Crippen LogP contribution in [0.3, 0.4) is 0 Å². The van der Waals surface area contributed by atoms with Gasteiger partial charge in [0.2, 0.25) is 0 Å². The summed E-state index contributed by atoms with van der Waals surface area (Å²) in [5.74, 6) is 0.0266. The van der Waals surface area contributed by atoms with E-state index in [0.29, 0.717) is 12.2 Å². The van der Waals surface area contributed by atoms with E-state index in [1.165, 1.54) is 0 Å². The molecule has 1 rings (SSSR count). The van der Waals surface area contributed by atoms with E-state index in [9.17, 15) is 4.79 Å². The van der Waals surface area contributed by atoms with Gasteiger partial charge in [0.15, 0.2) is 5.78 Å². The minimum absolute atomic E-state index is 0.0266. The summed E-state index contributed by atoms with van der Waals surface area (Å²) < 4.78 is 5.21. The van der Waals surface area contributed by atoms with Crippen molar-refractivity contribution in [1.29, 1.82) is 0 Å². The predicted octanol–water partition coefficient (Wildman–Crippen LogP) is 2.67. The molecule has 1 unspecified atom stereocenters. The summed E-state index contributed by atoms with van der Waals surface area (Å²) >= 11 is 3.34. The molecule has 0 aliphatic heterocycles. The van der Waals surface area contributed by atoms with Gasteiger partial charge in [-0.15, -0.1) is 0 Å². The lowest BCUT2D eigenvalue weighted by atomic mass is 10.1. The van der Waals surface area contributed by atoms with Gasteiger partial charge in [0, 0.05) is 10.4 Å². The van der Waals surface area contributed by atoms with Crippen LogP contribution in [0.1, 0.15) is 17.3 Å². The van der Waals surface area contributed by atoms with Crippen LogP contribution in [0, 0.1) is 0 Å². The van der Waals surface area contributed by atoms with Crippen molar-refractivity contribution in [3.05, 3.63) is 35.9 Å². The Morgan fingerprint density at radius 2 is 2.07 bits per heavy atom. The monoisotopic (exact) mass is 256 g/mol. The Bertz CT molecular complexity index is 283. The average molecular weight is 257 g/mol. The number of ether oxygens (including phenoxy) is 1. The number of carbonyl (C=O) groups excluding carboxylic acids is 1. The lowest BCUT2D eigenvalue weighted by Gasteiger charge is -2.04. The van der Waals surface area contributed by atoms with Gasteiger partial charge in [-0.3, -0.25) is 4.79 Å². The van der Waals surface area contributed by atoms with E-state index >= 15 is 0 Å². The molecule has 0 heterocycles. The van der Waals surface area contributed by atoms with Gasteiger partial charge < -0.3 is 4.74 Å². The van der Waals surface area contributed by atoms with E-state index in [1.54, 1.807) is 12.1 Å². The molecule has 2 nitrogen and oxygen atoms in total. The number of carbonyl (C=O) groups is 1. The van der Waals surface area contributed by atoms with Crippen LogP contribution in [0.25, 0.3) is 0 Å². The zero-order valence-electron chi connectivity index (χ0n) is 8.07. The number of alkyl halides is 1. The van der Waals surface area contributed by atoms with Gasteiger partial charge in [0.1, 0.15) is 6.61 Å². The number of halogens is 1. The number of Topliss-reactive ketones (excluding diaryl/α,β-unsaturated/α-hetero) is 1. The molecule has 0 saturated heterocycles. The molecule has 1 aromatic carbocycles. The highest BCUT2D eigenvalue weighted by atomic mass is 79.9. The van der Waals surface area contributed by atoms with Crippen molar-refractivity contribution < 1.29 is 9.53 Å². The summed E-state index contributed by atoms with van der Waals surface area (Å²) in [6, 6.07) is 9.17. The van der Waals surface area contributed by atoms with Crippen molar-refractivity contribution in [1.82, 2.24) is 0 Å². The first-order chi connectivity index (χ1) is 6.70. The van der Waals surface area contributed by atoms with Gasteiger partial charge in [0.25, 0.3) is 0 Å². The maximum absolute atomic E-state index is 11.5. The second-order valence-electron chi connectivity index (χ2n) is 3.09. The third-order valence-electron chi connectivity index (χ3n) is 1.68. The topological polar surface area (TPSA) is 26.3 Å². The highest BCUT2D eigenvalue weighted by Gasteiger charge is 2.05. The van der Waals surface area contributed by atoms with E-state index < -0.39 is 0 Å². The Balaban J connectivity index is 2.36. The first-order valence-electron chi connectivity index (χ1n) is 4.50. The Morgan fingerprint density at radius 1 is 1.43 bits per heavy atom. The van der Waals surface area contributed by atoms with Crippen molar-refractivity contribution in [2.24, 2.45) is 0 Å². The molecule has 0 N–H and O–H groups in total. The number of ketones is 1.